The zero-order valence-electron chi connectivity index (χ0n) is 13.8. The molecule has 1 heterocycles. The number of likely N-dealkylation sites (N-methyl/N-ethyl adjacent to an activating group) is 1. The van der Waals surface area contributed by atoms with Gasteiger partial charge in [0.1, 0.15) is 0 Å². The van der Waals surface area contributed by atoms with E-state index in [0.717, 1.165) is 38.8 Å². The minimum absolute atomic E-state index is 0.406. The van der Waals surface area contributed by atoms with Gasteiger partial charge in [0.15, 0.2) is 0 Å². The zero-order valence-corrected chi connectivity index (χ0v) is 13.8. The topological polar surface area (TPSA) is 24.5 Å². The summed E-state index contributed by atoms with van der Waals surface area (Å²) in [5, 5.41) is 3.85. The van der Waals surface area contributed by atoms with Crippen molar-refractivity contribution < 1.29 is 4.74 Å². The Bertz CT molecular complexity index is 270. The minimum atomic E-state index is 0.406. The van der Waals surface area contributed by atoms with Crippen LogP contribution in [-0.4, -0.2) is 49.3 Å². The second-order valence-corrected chi connectivity index (χ2v) is 6.77. The highest BCUT2D eigenvalue weighted by Crippen LogP contribution is 2.40. The summed E-state index contributed by atoms with van der Waals surface area (Å²) < 4.78 is 5.58. The van der Waals surface area contributed by atoms with E-state index >= 15 is 0 Å². The number of rotatable bonds is 7. The van der Waals surface area contributed by atoms with Crippen LogP contribution in [0.5, 0.6) is 0 Å². The van der Waals surface area contributed by atoms with Gasteiger partial charge in [-0.05, 0) is 31.7 Å². The molecule has 2 rings (SSSR count). The maximum Gasteiger partial charge on any atom is 0.0594 e. The van der Waals surface area contributed by atoms with Crippen LogP contribution in [0.4, 0.5) is 0 Å². The monoisotopic (exact) mass is 282 g/mol. The quantitative estimate of drug-likeness (QED) is 0.777. The van der Waals surface area contributed by atoms with Crippen molar-refractivity contribution in [2.75, 3.05) is 32.8 Å². The van der Waals surface area contributed by atoms with Crippen LogP contribution in [-0.2, 0) is 4.74 Å². The van der Waals surface area contributed by atoms with Crippen LogP contribution < -0.4 is 5.32 Å². The third-order valence-corrected chi connectivity index (χ3v) is 5.54. The van der Waals surface area contributed by atoms with E-state index in [4.69, 9.17) is 4.74 Å². The molecule has 1 aliphatic heterocycles. The summed E-state index contributed by atoms with van der Waals surface area (Å²) in [6.45, 7) is 12.2. The highest BCUT2D eigenvalue weighted by molar-refractivity contribution is 5.04. The average Bonchev–Trinajstić information content (AvgIpc) is 2.98. The molecule has 0 aromatic heterocycles. The number of hydrogen-bond donors (Lipinski definition) is 1. The summed E-state index contributed by atoms with van der Waals surface area (Å²) in [6.07, 6.45) is 8.17. The van der Waals surface area contributed by atoms with Gasteiger partial charge in [0, 0.05) is 24.7 Å². The maximum atomic E-state index is 5.58. The minimum Gasteiger partial charge on any atom is -0.379 e. The molecule has 2 aliphatic rings. The molecule has 0 spiro atoms. The van der Waals surface area contributed by atoms with Gasteiger partial charge in [-0.15, -0.1) is 0 Å². The second-order valence-electron chi connectivity index (χ2n) is 6.77. The molecule has 0 aromatic carbocycles. The molecule has 0 bridgehead atoms. The predicted molar refractivity (Wildman–Crippen MR) is 85.1 cm³/mol. The Morgan fingerprint density at radius 3 is 2.35 bits per heavy atom. The molecule has 118 valence electrons. The molecular formula is C17H34N2O. The summed E-state index contributed by atoms with van der Waals surface area (Å²) >= 11 is 0. The van der Waals surface area contributed by atoms with Crippen molar-refractivity contribution in [3.8, 4) is 0 Å². The smallest absolute Gasteiger partial charge is 0.0594 e. The van der Waals surface area contributed by atoms with E-state index in [-0.39, 0.29) is 0 Å². The van der Waals surface area contributed by atoms with E-state index < -0.39 is 0 Å². The lowest BCUT2D eigenvalue weighted by atomic mass is 9.80. The van der Waals surface area contributed by atoms with Gasteiger partial charge in [-0.25, -0.2) is 0 Å². The van der Waals surface area contributed by atoms with Gasteiger partial charge in [0.05, 0.1) is 13.2 Å². The second kappa shape index (κ2) is 7.77. The van der Waals surface area contributed by atoms with Crippen molar-refractivity contribution in [1.82, 2.24) is 10.2 Å². The number of morpholine rings is 1. The number of ether oxygens (including phenoxy) is 1. The molecule has 1 N–H and O–H groups in total. The number of nitrogens with one attached hydrogen (secondary N) is 1. The Morgan fingerprint density at radius 1 is 1.15 bits per heavy atom. The molecule has 2 unspecified atom stereocenters. The molecule has 3 heteroatoms. The van der Waals surface area contributed by atoms with Gasteiger partial charge in [-0.2, -0.15) is 0 Å². The lowest BCUT2D eigenvalue weighted by Crippen LogP contribution is -2.62. The molecule has 2 atom stereocenters. The van der Waals surface area contributed by atoms with Crippen LogP contribution in [0.2, 0.25) is 0 Å². The predicted octanol–water partition coefficient (Wildman–Crippen LogP) is 3.05. The Balaban J connectivity index is 2.13. The van der Waals surface area contributed by atoms with E-state index in [1.54, 1.807) is 0 Å². The molecule has 0 aromatic rings. The van der Waals surface area contributed by atoms with E-state index in [2.05, 4.69) is 31.0 Å². The maximum absolute atomic E-state index is 5.58. The van der Waals surface area contributed by atoms with Gasteiger partial charge >= 0.3 is 0 Å². The van der Waals surface area contributed by atoms with Crippen LogP contribution in [0, 0.1) is 5.92 Å². The number of nitrogens with zero attached hydrogens (tertiary/aromatic N) is 1. The standard InChI is InChI=1S/C17H34N2O/c1-4-15(3)14-16(18-5-2)17(8-6-7-9-17)19-10-12-20-13-11-19/h15-16,18H,4-14H2,1-3H3. The zero-order chi connectivity index (χ0) is 14.4. The van der Waals surface area contributed by atoms with E-state index in [1.165, 1.54) is 38.5 Å². The van der Waals surface area contributed by atoms with Gasteiger partial charge < -0.3 is 10.1 Å². The van der Waals surface area contributed by atoms with Crippen molar-refractivity contribution in [1.29, 1.82) is 0 Å². The van der Waals surface area contributed by atoms with Crippen LogP contribution in [0.3, 0.4) is 0 Å². The third-order valence-electron chi connectivity index (χ3n) is 5.54. The fraction of sp³-hybridized carbons (Fsp3) is 1.00. The average molecular weight is 282 g/mol. The molecule has 0 radical (unpaired) electrons. The van der Waals surface area contributed by atoms with Crippen molar-refractivity contribution in [3.63, 3.8) is 0 Å². The van der Waals surface area contributed by atoms with Gasteiger partial charge in [0.25, 0.3) is 0 Å². The van der Waals surface area contributed by atoms with Crippen LogP contribution in [0.25, 0.3) is 0 Å². The lowest BCUT2D eigenvalue weighted by Gasteiger charge is -2.49. The molecule has 1 saturated heterocycles. The first-order chi connectivity index (χ1) is 9.73. The van der Waals surface area contributed by atoms with Gasteiger partial charge in [-0.3, -0.25) is 4.90 Å². The Morgan fingerprint density at radius 2 is 1.80 bits per heavy atom. The molecule has 20 heavy (non-hydrogen) atoms. The van der Waals surface area contributed by atoms with Crippen molar-refractivity contribution in [3.05, 3.63) is 0 Å². The highest BCUT2D eigenvalue weighted by atomic mass is 16.5. The molecule has 1 aliphatic carbocycles. The van der Waals surface area contributed by atoms with Crippen LogP contribution in [0.15, 0.2) is 0 Å². The third kappa shape index (κ3) is 3.55. The summed E-state index contributed by atoms with van der Waals surface area (Å²) in [4.78, 5) is 2.76. The fourth-order valence-electron chi connectivity index (χ4n) is 4.19. The van der Waals surface area contributed by atoms with E-state index in [1.807, 2.05) is 0 Å². The molecular weight excluding hydrogens is 248 g/mol. The highest BCUT2D eigenvalue weighted by Gasteiger charge is 2.45. The molecule has 2 fully saturated rings. The summed E-state index contributed by atoms with van der Waals surface area (Å²) in [5.41, 5.74) is 0.406. The first kappa shape index (κ1) is 16.3. The summed E-state index contributed by atoms with van der Waals surface area (Å²) in [6, 6.07) is 0.656. The fourth-order valence-corrected chi connectivity index (χ4v) is 4.19. The van der Waals surface area contributed by atoms with E-state index in [0.29, 0.717) is 11.6 Å². The van der Waals surface area contributed by atoms with Crippen LogP contribution >= 0.6 is 0 Å². The van der Waals surface area contributed by atoms with Crippen LogP contribution in [0.1, 0.15) is 59.3 Å². The SMILES string of the molecule is CCNC(CC(C)CC)C1(N2CCOCC2)CCCC1. The van der Waals surface area contributed by atoms with E-state index in [9.17, 15) is 0 Å². The largest absolute Gasteiger partial charge is 0.379 e. The number of hydrogen-bond acceptors (Lipinski definition) is 3. The summed E-state index contributed by atoms with van der Waals surface area (Å²) in [5.74, 6) is 0.817. The first-order valence-electron chi connectivity index (χ1n) is 8.79. The molecule has 3 nitrogen and oxygen atoms in total. The molecule has 1 saturated carbocycles. The Kier molecular flexibility index (Phi) is 6.31. The van der Waals surface area contributed by atoms with Gasteiger partial charge in [-0.1, -0.05) is 40.0 Å². The van der Waals surface area contributed by atoms with Crippen molar-refractivity contribution in [2.24, 2.45) is 5.92 Å². The lowest BCUT2D eigenvalue weighted by molar-refractivity contribution is -0.0385. The van der Waals surface area contributed by atoms with Crippen molar-refractivity contribution in [2.45, 2.75) is 70.9 Å². The Labute approximate surface area is 125 Å². The van der Waals surface area contributed by atoms with Crippen molar-refractivity contribution >= 4 is 0 Å². The summed E-state index contributed by atoms with van der Waals surface area (Å²) in [7, 11) is 0. The molecule has 0 amide bonds. The van der Waals surface area contributed by atoms with Gasteiger partial charge in [0.2, 0.25) is 0 Å². The normalized spacial score (nSPS) is 26.6. The Hall–Kier alpha value is -0.120. The first-order valence-corrected chi connectivity index (χ1v) is 8.79.